The quantitative estimate of drug-likeness (QED) is 0.611. The molecule has 21 heavy (non-hydrogen) atoms. The molecule has 1 saturated heterocycles. The molecule has 1 aromatic heterocycles. The number of pyridine rings is 1. The van der Waals surface area contributed by atoms with Gasteiger partial charge >= 0.3 is 0 Å². The number of carbonyl (C=O) groups is 1. The zero-order chi connectivity index (χ0) is 15.4. The summed E-state index contributed by atoms with van der Waals surface area (Å²) in [6, 6.07) is 0.992. The highest BCUT2D eigenvalue weighted by Crippen LogP contribution is 2.23. The highest BCUT2D eigenvalue weighted by atomic mass is 16.6. The first-order chi connectivity index (χ1) is 10.0. The number of rotatable bonds is 5. The zero-order valence-electron chi connectivity index (χ0n) is 11.4. The van der Waals surface area contributed by atoms with Gasteiger partial charge in [-0.2, -0.15) is 0 Å². The second kappa shape index (κ2) is 6.49. The minimum absolute atomic E-state index is 0.0247. The highest BCUT2D eigenvalue weighted by molar-refractivity contribution is 5.94. The molecule has 0 radical (unpaired) electrons. The van der Waals surface area contributed by atoms with Gasteiger partial charge in [0.05, 0.1) is 11.1 Å². The molecule has 2 N–H and O–H groups in total. The van der Waals surface area contributed by atoms with Crippen LogP contribution < -0.4 is 5.56 Å². The van der Waals surface area contributed by atoms with E-state index in [2.05, 4.69) is 4.98 Å². The van der Waals surface area contributed by atoms with E-state index in [9.17, 15) is 19.7 Å². The summed E-state index contributed by atoms with van der Waals surface area (Å²) in [7, 11) is 0. The van der Waals surface area contributed by atoms with Crippen LogP contribution >= 0.6 is 0 Å². The number of nitrogens with zero attached hydrogens (tertiary/aromatic N) is 2. The first-order valence-corrected chi connectivity index (χ1v) is 6.83. The van der Waals surface area contributed by atoms with Gasteiger partial charge < -0.3 is 15.0 Å². The van der Waals surface area contributed by atoms with Crippen molar-refractivity contribution in [2.45, 2.75) is 31.7 Å². The Morgan fingerprint density at radius 2 is 2.33 bits per heavy atom. The molecule has 0 bridgehead atoms. The van der Waals surface area contributed by atoms with Crippen molar-refractivity contribution in [3.63, 3.8) is 0 Å². The Hall–Kier alpha value is -2.22. The Morgan fingerprint density at radius 3 is 3.00 bits per heavy atom. The summed E-state index contributed by atoms with van der Waals surface area (Å²) in [5, 5.41) is 19.6. The number of carbonyl (C=O) groups excluding carboxylic acids is 1. The van der Waals surface area contributed by atoms with Crippen molar-refractivity contribution in [1.82, 2.24) is 9.88 Å². The van der Waals surface area contributed by atoms with Gasteiger partial charge in [-0.15, -0.1) is 0 Å². The van der Waals surface area contributed by atoms with Crippen molar-refractivity contribution in [2.75, 3.05) is 13.2 Å². The fourth-order valence-electron chi connectivity index (χ4n) is 2.62. The van der Waals surface area contributed by atoms with Gasteiger partial charge in [0.15, 0.2) is 0 Å². The van der Waals surface area contributed by atoms with Crippen LogP contribution in [0.5, 0.6) is 0 Å². The highest BCUT2D eigenvalue weighted by Gasteiger charge is 2.31. The fraction of sp³-hybridized carbons (Fsp3) is 0.538. The Labute approximate surface area is 120 Å². The molecule has 2 rings (SSSR count). The molecule has 1 aliphatic heterocycles. The first-order valence-electron chi connectivity index (χ1n) is 6.83. The lowest BCUT2D eigenvalue weighted by Crippen LogP contribution is -2.38. The summed E-state index contributed by atoms with van der Waals surface area (Å²) in [6.07, 6.45) is 3.87. The summed E-state index contributed by atoms with van der Waals surface area (Å²) >= 11 is 0. The Bertz CT molecular complexity index is 598. The van der Waals surface area contributed by atoms with Crippen LogP contribution in [0.25, 0.3) is 0 Å². The van der Waals surface area contributed by atoms with Crippen LogP contribution in [0.2, 0.25) is 0 Å². The molecular formula is C13H17N3O5. The van der Waals surface area contributed by atoms with E-state index < -0.39 is 16.4 Å². The average Bonchev–Trinajstić information content (AvgIpc) is 2.93. The van der Waals surface area contributed by atoms with Crippen LogP contribution in [0, 0.1) is 10.1 Å². The molecular weight excluding hydrogens is 278 g/mol. The third-order valence-electron chi connectivity index (χ3n) is 3.66. The van der Waals surface area contributed by atoms with Gasteiger partial charge in [-0.05, 0) is 25.7 Å². The standard InChI is InChI=1S/C13H17N3O5/c17-6-2-4-9-3-1-5-15(9)13(19)11-7-10(16(20)21)8-14-12(11)18/h7-9,17H,1-6H2,(H,14,18). The van der Waals surface area contributed by atoms with Gasteiger partial charge in [0.2, 0.25) is 0 Å². The molecule has 114 valence electrons. The lowest BCUT2D eigenvalue weighted by Gasteiger charge is -2.24. The Kier molecular flexibility index (Phi) is 4.69. The lowest BCUT2D eigenvalue weighted by atomic mass is 10.1. The monoisotopic (exact) mass is 295 g/mol. The number of hydrogen-bond acceptors (Lipinski definition) is 5. The normalized spacial score (nSPS) is 18.0. The number of nitro groups is 1. The number of aromatic nitrogens is 1. The molecule has 0 saturated carbocycles. The fourth-order valence-corrected chi connectivity index (χ4v) is 2.62. The molecule has 1 unspecified atom stereocenters. The zero-order valence-corrected chi connectivity index (χ0v) is 11.4. The summed E-state index contributed by atoms with van der Waals surface area (Å²) in [4.78, 5) is 38.1. The van der Waals surface area contributed by atoms with Crippen LogP contribution in [-0.2, 0) is 0 Å². The number of aromatic amines is 1. The maximum Gasteiger partial charge on any atom is 0.286 e. The number of nitrogens with one attached hydrogen (secondary N) is 1. The van der Waals surface area contributed by atoms with Gasteiger partial charge in [-0.1, -0.05) is 0 Å². The van der Waals surface area contributed by atoms with E-state index >= 15 is 0 Å². The van der Waals surface area contributed by atoms with Crippen molar-refractivity contribution >= 4 is 11.6 Å². The first kappa shape index (κ1) is 15.2. The van der Waals surface area contributed by atoms with Gasteiger partial charge in [-0.25, -0.2) is 0 Å². The predicted octanol–water partition coefficient (Wildman–Crippen LogP) is 0.660. The smallest absolute Gasteiger partial charge is 0.286 e. The largest absolute Gasteiger partial charge is 0.396 e. The Morgan fingerprint density at radius 1 is 1.57 bits per heavy atom. The number of amides is 1. The SMILES string of the molecule is O=C(c1cc([N+](=O)[O-])c[nH]c1=O)N1CCCC1CCCO. The topological polar surface area (TPSA) is 117 Å². The number of H-pyrrole nitrogens is 1. The summed E-state index contributed by atoms with van der Waals surface area (Å²) in [5.74, 6) is -0.486. The second-order valence-electron chi connectivity index (χ2n) is 5.02. The van der Waals surface area contributed by atoms with Crippen LogP contribution in [0.3, 0.4) is 0 Å². The van der Waals surface area contributed by atoms with Crippen molar-refractivity contribution in [1.29, 1.82) is 0 Å². The molecule has 8 heteroatoms. The molecule has 2 heterocycles. The number of likely N-dealkylation sites (tertiary alicyclic amines) is 1. The lowest BCUT2D eigenvalue weighted by molar-refractivity contribution is -0.385. The molecule has 1 fully saturated rings. The van der Waals surface area contributed by atoms with Gasteiger partial charge in [0.25, 0.3) is 17.2 Å². The molecule has 1 atom stereocenters. The maximum absolute atomic E-state index is 12.4. The Balaban J connectivity index is 2.24. The summed E-state index contributed by atoms with van der Waals surface area (Å²) in [5.41, 5.74) is -1.15. The van der Waals surface area contributed by atoms with Crippen molar-refractivity contribution in [3.8, 4) is 0 Å². The minimum Gasteiger partial charge on any atom is -0.396 e. The molecule has 1 amide bonds. The number of aliphatic hydroxyl groups excluding tert-OH is 1. The van der Waals surface area contributed by atoms with Crippen molar-refractivity contribution < 1.29 is 14.8 Å². The molecule has 1 aliphatic rings. The molecule has 0 spiro atoms. The summed E-state index contributed by atoms with van der Waals surface area (Å²) < 4.78 is 0. The second-order valence-corrected chi connectivity index (χ2v) is 5.02. The minimum atomic E-state index is -0.653. The third-order valence-corrected chi connectivity index (χ3v) is 3.66. The molecule has 0 aliphatic carbocycles. The van der Waals surface area contributed by atoms with E-state index in [1.807, 2.05) is 0 Å². The van der Waals surface area contributed by atoms with Gasteiger partial charge in [0, 0.05) is 25.3 Å². The van der Waals surface area contributed by atoms with Crippen LogP contribution in [-0.4, -0.2) is 45.0 Å². The van der Waals surface area contributed by atoms with Crippen LogP contribution in [0.1, 0.15) is 36.0 Å². The van der Waals surface area contributed by atoms with E-state index in [-0.39, 0.29) is 23.9 Å². The van der Waals surface area contributed by atoms with E-state index in [1.54, 1.807) is 4.90 Å². The third kappa shape index (κ3) is 3.27. The molecule has 8 nitrogen and oxygen atoms in total. The van der Waals surface area contributed by atoms with E-state index in [4.69, 9.17) is 5.11 Å². The predicted molar refractivity (Wildman–Crippen MR) is 74.1 cm³/mol. The van der Waals surface area contributed by atoms with Crippen molar-refractivity contribution in [3.05, 3.63) is 38.3 Å². The van der Waals surface area contributed by atoms with Crippen molar-refractivity contribution in [2.24, 2.45) is 0 Å². The van der Waals surface area contributed by atoms with Gasteiger partial charge in [-0.3, -0.25) is 19.7 Å². The summed E-state index contributed by atoms with van der Waals surface area (Å²) in [6.45, 7) is 0.576. The van der Waals surface area contributed by atoms with Crippen LogP contribution in [0.4, 0.5) is 5.69 Å². The van der Waals surface area contributed by atoms with Gasteiger partial charge in [0.1, 0.15) is 5.56 Å². The molecule has 0 aromatic carbocycles. The number of aliphatic hydroxyl groups is 1. The van der Waals surface area contributed by atoms with E-state index in [0.29, 0.717) is 19.4 Å². The van der Waals surface area contributed by atoms with E-state index in [0.717, 1.165) is 25.1 Å². The van der Waals surface area contributed by atoms with E-state index in [1.165, 1.54) is 0 Å². The number of hydrogen-bond donors (Lipinski definition) is 2. The maximum atomic E-state index is 12.4. The molecule has 1 aromatic rings. The average molecular weight is 295 g/mol. The van der Waals surface area contributed by atoms with Crippen LogP contribution in [0.15, 0.2) is 17.1 Å².